The number of nitrogens with one attached hydrogen (secondary N) is 1. The summed E-state index contributed by atoms with van der Waals surface area (Å²) >= 11 is 0.912. The maximum absolute atomic E-state index is 13.2. The van der Waals surface area contributed by atoms with E-state index >= 15 is 0 Å². The van der Waals surface area contributed by atoms with Gasteiger partial charge in [0.05, 0.1) is 17.2 Å². The Morgan fingerprint density at radius 3 is 2.60 bits per heavy atom. The minimum Gasteiger partial charge on any atom is -0.366 e. The predicted octanol–water partition coefficient (Wildman–Crippen LogP) is 4.97. The molecule has 0 amide bonds. The lowest BCUT2D eigenvalue weighted by molar-refractivity contribution is -0.137. The largest absolute Gasteiger partial charge is 0.417 e. The summed E-state index contributed by atoms with van der Waals surface area (Å²) in [4.78, 5) is 32.0. The maximum atomic E-state index is 13.2. The number of pyridine rings is 1. The topological polar surface area (TPSA) is 65.5 Å². The van der Waals surface area contributed by atoms with Crippen molar-refractivity contribution in [1.29, 1.82) is 0 Å². The Hall–Kier alpha value is -3.24. The molecule has 1 saturated heterocycles. The predicted molar refractivity (Wildman–Crippen MR) is 129 cm³/mol. The van der Waals surface area contributed by atoms with Gasteiger partial charge in [0.15, 0.2) is 6.29 Å². The van der Waals surface area contributed by atoms with Gasteiger partial charge in [-0.05, 0) is 43.2 Å². The Morgan fingerprint density at radius 2 is 1.94 bits per heavy atom. The Bertz CT molecular complexity index is 1200. The van der Waals surface area contributed by atoms with Crippen LogP contribution in [0.15, 0.2) is 60.1 Å². The van der Waals surface area contributed by atoms with Crippen molar-refractivity contribution in [1.82, 2.24) is 9.88 Å². The number of nitrogens with zero attached hydrogens (tertiary/aromatic N) is 3. The number of ketones is 1. The van der Waals surface area contributed by atoms with Crippen LogP contribution in [0.3, 0.4) is 0 Å². The van der Waals surface area contributed by atoms with Crippen LogP contribution in [0.1, 0.15) is 30.5 Å². The molecule has 1 N–H and O–H groups in total. The van der Waals surface area contributed by atoms with Gasteiger partial charge in [0.2, 0.25) is 5.78 Å². The second-order valence-electron chi connectivity index (χ2n) is 8.95. The summed E-state index contributed by atoms with van der Waals surface area (Å²) in [5.74, 6) is 0.0215. The van der Waals surface area contributed by atoms with Gasteiger partial charge >= 0.3 is 6.18 Å². The third-order valence-corrected chi connectivity index (χ3v) is 7.18. The lowest BCUT2D eigenvalue weighted by atomic mass is 9.91. The number of carbonyl (C=O) groups excluding carboxylic acids is 2. The van der Waals surface area contributed by atoms with Crippen LogP contribution >= 0.6 is 11.3 Å². The molecule has 1 aliphatic heterocycles. The highest BCUT2D eigenvalue weighted by Crippen LogP contribution is 2.42. The van der Waals surface area contributed by atoms with E-state index in [4.69, 9.17) is 0 Å². The molecule has 0 aliphatic carbocycles. The van der Waals surface area contributed by atoms with Gasteiger partial charge in [-0.3, -0.25) is 14.5 Å². The van der Waals surface area contributed by atoms with Gasteiger partial charge in [-0.25, -0.2) is 4.98 Å². The van der Waals surface area contributed by atoms with Crippen molar-refractivity contribution in [2.45, 2.75) is 44.7 Å². The molecule has 0 saturated carbocycles. The van der Waals surface area contributed by atoms with Gasteiger partial charge in [0.25, 0.3) is 0 Å². The standard InChI is InChI=1S/C25H25F3N4O2S/c1-24(2)23(20(34)14-33)32(22-11-19(15-35-22)25(26,27)28)16-31(24)13-18-8-9-29-21(10-18)30-12-17-6-4-3-5-7-17/h3-11,14-15,23H,12-13,16H2,1-2H3,(H,29,30). The number of benzene rings is 1. The van der Waals surface area contributed by atoms with Crippen LogP contribution in [0.25, 0.3) is 0 Å². The molecule has 1 atom stereocenters. The number of thiophene rings is 1. The van der Waals surface area contributed by atoms with E-state index in [1.807, 2.05) is 61.2 Å². The van der Waals surface area contributed by atoms with Crippen molar-refractivity contribution in [3.8, 4) is 0 Å². The molecule has 10 heteroatoms. The first kappa shape index (κ1) is 24.9. The van der Waals surface area contributed by atoms with Crippen molar-refractivity contribution >= 4 is 34.2 Å². The monoisotopic (exact) mass is 502 g/mol. The first-order valence-corrected chi connectivity index (χ1v) is 11.9. The zero-order valence-corrected chi connectivity index (χ0v) is 20.1. The summed E-state index contributed by atoms with van der Waals surface area (Å²) < 4.78 is 39.5. The maximum Gasteiger partial charge on any atom is 0.417 e. The quantitative estimate of drug-likeness (QED) is 0.347. The second kappa shape index (κ2) is 9.79. The fourth-order valence-electron chi connectivity index (χ4n) is 4.32. The van der Waals surface area contributed by atoms with Gasteiger partial charge in [-0.1, -0.05) is 30.3 Å². The fraction of sp³-hybridized carbons (Fsp3) is 0.320. The molecule has 1 unspecified atom stereocenters. The summed E-state index contributed by atoms with van der Waals surface area (Å²) in [7, 11) is 0. The molecular weight excluding hydrogens is 477 g/mol. The van der Waals surface area contributed by atoms with Crippen LogP contribution in [-0.4, -0.2) is 40.2 Å². The summed E-state index contributed by atoms with van der Waals surface area (Å²) in [6.45, 7) is 4.88. The number of alkyl halides is 3. The molecule has 0 radical (unpaired) electrons. The van der Waals surface area contributed by atoms with Gasteiger partial charge in [-0.15, -0.1) is 11.3 Å². The first-order chi connectivity index (χ1) is 16.6. The van der Waals surface area contributed by atoms with Crippen LogP contribution < -0.4 is 10.2 Å². The van der Waals surface area contributed by atoms with Gasteiger partial charge in [0.1, 0.15) is 11.9 Å². The van der Waals surface area contributed by atoms with Crippen molar-refractivity contribution < 1.29 is 22.8 Å². The number of anilines is 2. The highest BCUT2D eigenvalue weighted by Gasteiger charge is 2.50. The third-order valence-electron chi connectivity index (χ3n) is 6.21. The molecule has 3 heterocycles. The Morgan fingerprint density at radius 1 is 1.20 bits per heavy atom. The van der Waals surface area contributed by atoms with E-state index in [9.17, 15) is 22.8 Å². The highest BCUT2D eigenvalue weighted by atomic mass is 32.1. The minimum absolute atomic E-state index is 0.199. The van der Waals surface area contributed by atoms with Crippen LogP contribution in [0.5, 0.6) is 0 Å². The van der Waals surface area contributed by atoms with E-state index < -0.39 is 29.1 Å². The SMILES string of the molecule is CC1(C)C(C(=O)C=O)N(c2cc(C(F)(F)F)cs2)CN1Cc1ccnc(NCc2ccccc2)c1. The third kappa shape index (κ3) is 5.38. The molecule has 1 aliphatic rings. The summed E-state index contributed by atoms with van der Waals surface area (Å²) in [5, 5.41) is 4.62. The summed E-state index contributed by atoms with van der Waals surface area (Å²) in [5.41, 5.74) is 0.459. The smallest absolute Gasteiger partial charge is 0.366 e. The molecule has 1 fully saturated rings. The van der Waals surface area contributed by atoms with E-state index in [0.29, 0.717) is 23.9 Å². The van der Waals surface area contributed by atoms with E-state index in [0.717, 1.165) is 33.9 Å². The zero-order valence-electron chi connectivity index (χ0n) is 19.2. The molecule has 6 nitrogen and oxygen atoms in total. The lowest BCUT2D eigenvalue weighted by Crippen LogP contribution is -2.51. The zero-order chi connectivity index (χ0) is 25.2. The van der Waals surface area contributed by atoms with E-state index in [1.54, 1.807) is 11.1 Å². The molecule has 184 valence electrons. The average Bonchev–Trinajstić information content (AvgIpc) is 3.42. The fourth-order valence-corrected chi connectivity index (χ4v) is 5.26. The molecule has 1 aromatic carbocycles. The number of hydrogen-bond donors (Lipinski definition) is 1. The van der Waals surface area contributed by atoms with Gasteiger partial charge in [0, 0.05) is 30.2 Å². The second-order valence-corrected chi connectivity index (χ2v) is 9.84. The molecular formula is C25H25F3N4O2S. The number of halogens is 3. The normalized spacial score (nSPS) is 18.0. The molecule has 3 aromatic rings. The van der Waals surface area contributed by atoms with Crippen LogP contribution in [0.2, 0.25) is 0 Å². The molecule has 4 rings (SSSR count). The highest BCUT2D eigenvalue weighted by molar-refractivity contribution is 7.14. The number of hydrogen-bond acceptors (Lipinski definition) is 7. The molecule has 0 bridgehead atoms. The van der Waals surface area contributed by atoms with Crippen molar-refractivity contribution in [3.63, 3.8) is 0 Å². The summed E-state index contributed by atoms with van der Waals surface area (Å²) in [6, 6.07) is 13.8. The summed E-state index contributed by atoms with van der Waals surface area (Å²) in [6.07, 6.45) is -2.54. The van der Waals surface area contributed by atoms with E-state index in [1.165, 1.54) is 0 Å². The van der Waals surface area contributed by atoms with Crippen molar-refractivity contribution in [2.24, 2.45) is 0 Å². The van der Waals surface area contributed by atoms with E-state index in [2.05, 4.69) is 10.3 Å². The lowest BCUT2D eigenvalue weighted by Gasteiger charge is -2.34. The van der Waals surface area contributed by atoms with Crippen molar-refractivity contribution in [2.75, 3.05) is 16.9 Å². The van der Waals surface area contributed by atoms with Gasteiger partial charge < -0.3 is 10.2 Å². The number of aldehydes is 1. The van der Waals surface area contributed by atoms with Crippen molar-refractivity contribution in [3.05, 3.63) is 76.8 Å². The number of rotatable bonds is 8. The Kier molecular flexibility index (Phi) is 6.95. The average molecular weight is 503 g/mol. The van der Waals surface area contributed by atoms with Crippen LogP contribution in [0.4, 0.5) is 24.0 Å². The Labute approximate surface area is 205 Å². The van der Waals surface area contributed by atoms with E-state index in [-0.39, 0.29) is 13.0 Å². The molecule has 0 spiro atoms. The van der Waals surface area contributed by atoms with Crippen LogP contribution in [0, 0.1) is 0 Å². The number of Topliss-reactive ketones (excluding diaryl/α,β-unsaturated/α-hetero) is 1. The first-order valence-electron chi connectivity index (χ1n) is 11.0. The molecule has 2 aromatic heterocycles. The number of aromatic nitrogens is 1. The van der Waals surface area contributed by atoms with Gasteiger partial charge in [-0.2, -0.15) is 13.2 Å². The Balaban J connectivity index is 1.55. The molecule has 35 heavy (non-hydrogen) atoms. The number of carbonyl (C=O) groups is 2. The minimum atomic E-state index is -4.48. The van der Waals surface area contributed by atoms with Crippen LogP contribution in [-0.2, 0) is 28.9 Å².